The van der Waals surface area contributed by atoms with Crippen LogP contribution in [0.15, 0.2) is 72.2 Å². The maximum atomic E-state index is 5.22. The van der Waals surface area contributed by atoms with Gasteiger partial charge < -0.3 is 19.5 Å². The molecule has 0 radical (unpaired) electrons. The third kappa shape index (κ3) is 5.48. The number of nitrogens with one attached hydrogen (secondary N) is 1. The molecule has 0 aliphatic heterocycles. The van der Waals surface area contributed by atoms with Crippen LogP contribution in [-0.4, -0.2) is 41.6 Å². The molecule has 0 aliphatic carbocycles. The number of imidazole rings is 1. The van der Waals surface area contributed by atoms with Gasteiger partial charge in [-0.1, -0.05) is 30.3 Å². The highest BCUT2D eigenvalue weighted by Crippen LogP contribution is 2.15. The normalized spacial score (nSPS) is 10.9. The van der Waals surface area contributed by atoms with Gasteiger partial charge in [-0.05, 0) is 29.3 Å². The van der Waals surface area contributed by atoms with Gasteiger partial charge in [-0.3, -0.25) is 4.99 Å². The lowest BCUT2D eigenvalue weighted by Gasteiger charge is -2.23. The van der Waals surface area contributed by atoms with Gasteiger partial charge in [-0.15, -0.1) is 24.0 Å². The summed E-state index contributed by atoms with van der Waals surface area (Å²) < 4.78 is 7.23. The summed E-state index contributed by atoms with van der Waals surface area (Å²) in [6, 6.07) is 16.3. The highest BCUT2D eigenvalue weighted by atomic mass is 127. The molecule has 0 saturated carbocycles. The highest BCUT2D eigenvalue weighted by Gasteiger charge is 2.09. The van der Waals surface area contributed by atoms with E-state index in [4.69, 9.17) is 4.74 Å². The molecule has 3 rings (SSSR count). The number of guanidine groups is 1. The van der Waals surface area contributed by atoms with E-state index >= 15 is 0 Å². The Balaban J connectivity index is 0.00000280. The lowest BCUT2D eigenvalue weighted by atomic mass is 10.1. The summed E-state index contributed by atoms with van der Waals surface area (Å²) in [7, 11) is 5.50. The van der Waals surface area contributed by atoms with Crippen LogP contribution in [0.1, 0.15) is 11.1 Å². The van der Waals surface area contributed by atoms with Crippen LogP contribution in [0, 0.1) is 0 Å². The van der Waals surface area contributed by atoms with Crippen molar-refractivity contribution in [3.05, 3.63) is 78.4 Å². The first-order chi connectivity index (χ1) is 13.2. The molecule has 0 bridgehead atoms. The maximum Gasteiger partial charge on any atom is 0.193 e. The number of halogens is 1. The minimum absolute atomic E-state index is 0. The molecule has 2 aromatic carbocycles. The predicted octanol–water partition coefficient (Wildman–Crippen LogP) is 3.71. The first-order valence-corrected chi connectivity index (χ1v) is 8.82. The van der Waals surface area contributed by atoms with Crippen LogP contribution in [-0.2, 0) is 13.1 Å². The minimum atomic E-state index is 0. The van der Waals surface area contributed by atoms with Gasteiger partial charge in [0.2, 0.25) is 0 Å². The number of rotatable bonds is 6. The molecule has 0 fully saturated rings. The van der Waals surface area contributed by atoms with E-state index in [2.05, 4.69) is 44.5 Å². The second-order valence-corrected chi connectivity index (χ2v) is 6.20. The fourth-order valence-electron chi connectivity index (χ4n) is 2.95. The van der Waals surface area contributed by atoms with Gasteiger partial charge in [0.15, 0.2) is 5.96 Å². The molecule has 0 unspecified atom stereocenters. The lowest BCUT2D eigenvalue weighted by molar-refractivity contribution is 0.414. The van der Waals surface area contributed by atoms with Gasteiger partial charge in [0.25, 0.3) is 0 Å². The predicted molar refractivity (Wildman–Crippen MR) is 124 cm³/mol. The Morgan fingerprint density at radius 3 is 2.57 bits per heavy atom. The SMILES string of the molecule is CN=C(NCc1ccccc1-n1ccnc1)N(C)Cc1ccc(OC)cc1.I. The summed E-state index contributed by atoms with van der Waals surface area (Å²) in [5.74, 6) is 1.70. The summed E-state index contributed by atoms with van der Waals surface area (Å²) in [5.41, 5.74) is 3.48. The number of nitrogens with zero attached hydrogens (tertiary/aromatic N) is 4. The number of hydrogen-bond donors (Lipinski definition) is 1. The van der Waals surface area contributed by atoms with E-state index in [9.17, 15) is 0 Å². The lowest BCUT2D eigenvalue weighted by Crippen LogP contribution is -2.38. The fourth-order valence-corrected chi connectivity index (χ4v) is 2.95. The number of ether oxygens (including phenoxy) is 1. The summed E-state index contributed by atoms with van der Waals surface area (Å²) in [4.78, 5) is 10.7. The van der Waals surface area contributed by atoms with Crippen molar-refractivity contribution in [2.24, 2.45) is 4.99 Å². The van der Waals surface area contributed by atoms with Gasteiger partial charge in [-0.2, -0.15) is 0 Å². The van der Waals surface area contributed by atoms with Gasteiger partial charge in [0.1, 0.15) is 5.75 Å². The quantitative estimate of drug-likeness (QED) is 0.325. The number of aliphatic imine (C=N–C) groups is 1. The zero-order valence-corrected chi connectivity index (χ0v) is 18.7. The Morgan fingerprint density at radius 1 is 1.18 bits per heavy atom. The zero-order chi connectivity index (χ0) is 19.1. The Hall–Kier alpha value is -2.55. The molecule has 0 atom stereocenters. The van der Waals surface area contributed by atoms with Crippen molar-refractivity contribution in [1.29, 1.82) is 0 Å². The molecule has 1 heterocycles. The Labute approximate surface area is 183 Å². The molecular weight excluding hydrogens is 465 g/mol. The van der Waals surface area contributed by atoms with Gasteiger partial charge in [0, 0.05) is 39.6 Å². The number of aromatic nitrogens is 2. The van der Waals surface area contributed by atoms with E-state index in [1.807, 2.05) is 48.4 Å². The molecule has 1 aromatic heterocycles. The van der Waals surface area contributed by atoms with Gasteiger partial charge >= 0.3 is 0 Å². The molecule has 0 amide bonds. The van der Waals surface area contributed by atoms with Crippen molar-refractivity contribution in [2.75, 3.05) is 21.2 Å². The molecule has 0 spiro atoms. The van der Waals surface area contributed by atoms with Crippen LogP contribution < -0.4 is 10.1 Å². The molecule has 148 valence electrons. The standard InChI is InChI=1S/C21H25N5O.HI/c1-22-21(25(2)15-17-8-10-19(27-3)11-9-17)24-14-18-6-4-5-7-20(18)26-13-12-23-16-26;/h4-13,16H,14-15H2,1-3H3,(H,22,24);1H. The topological polar surface area (TPSA) is 54.7 Å². The van der Waals surface area contributed by atoms with Crippen molar-refractivity contribution in [2.45, 2.75) is 13.1 Å². The van der Waals surface area contributed by atoms with Crippen molar-refractivity contribution < 1.29 is 4.74 Å². The summed E-state index contributed by atoms with van der Waals surface area (Å²) in [5, 5.41) is 3.45. The maximum absolute atomic E-state index is 5.22. The summed E-state index contributed by atoms with van der Waals surface area (Å²) in [6.45, 7) is 1.43. The summed E-state index contributed by atoms with van der Waals surface area (Å²) >= 11 is 0. The molecular formula is C21H26IN5O. The Morgan fingerprint density at radius 2 is 1.93 bits per heavy atom. The Bertz CT molecular complexity index is 878. The van der Waals surface area contributed by atoms with E-state index in [0.29, 0.717) is 6.54 Å². The van der Waals surface area contributed by atoms with Gasteiger partial charge in [-0.25, -0.2) is 4.98 Å². The smallest absolute Gasteiger partial charge is 0.193 e. The second kappa shape index (κ2) is 10.7. The van der Waals surface area contributed by atoms with Crippen LogP contribution in [0.2, 0.25) is 0 Å². The molecule has 7 heteroatoms. The minimum Gasteiger partial charge on any atom is -0.497 e. The van der Waals surface area contributed by atoms with Crippen LogP contribution in [0.25, 0.3) is 5.69 Å². The number of benzene rings is 2. The molecule has 1 N–H and O–H groups in total. The van der Waals surface area contributed by atoms with Crippen molar-refractivity contribution in [3.8, 4) is 11.4 Å². The number of para-hydroxylation sites is 1. The largest absolute Gasteiger partial charge is 0.497 e. The first kappa shape index (κ1) is 21.7. The van der Waals surface area contributed by atoms with Crippen LogP contribution in [0.4, 0.5) is 0 Å². The van der Waals surface area contributed by atoms with E-state index in [1.54, 1.807) is 20.4 Å². The number of hydrogen-bond acceptors (Lipinski definition) is 3. The van der Waals surface area contributed by atoms with Crippen LogP contribution in [0.3, 0.4) is 0 Å². The van der Waals surface area contributed by atoms with Crippen molar-refractivity contribution in [1.82, 2.24) is 19.8 Å². The number of methoxy groups -OCH3 is 1. The molecule has 3 aromatic rings. The average molecular weight is 491 g/mol. The third-order valence-corrected chi connectivity index (χ3v) is 4.36. The molecule has 28 heavy (non-hydrogen) atoms. The average Bonchev–Trinajstić information content (AvgIpc) is 3.24. The van der Waals surface area contributed by atoms with E-state index < -0.39 is 0 Å². The first-order valence-electron chi connectivity index (χ1n) is 8.82. The van der Waals surface area contributed by atoms with E-state index in [0.717, 1.165) is 23.9 Å². The molecule has 0 aliphatic rings. The van der Waals surface area contributed by atoms with Gasteiger partial charge in [0.05, 0.1) is 19.1 Å². The zero-order valence-electron chi connectivity index (χ0n) is 16.4. The fraction of sp³-hybridized carbons (Fsp3) is 0.238. The second-order valence-electron chi connectivity index (χ2n) is 6.20. The van der Waals surface area contributed by atoms with Crippen LogP contribution in [0.5, 0.6) is 5.75 Å². The van der Waals surface area contributed by atoms with Crippen molar-refractivity contribution in [3.63, 3.8) is 0 Å². The Kier molecular flexibility index (Phi) is 8.31. The van der Waals surface area contributed by atoms with E-state index in [1.165, 1.54) is 11.1 Å². The third-order valence-electron chi connectivity index (χ3n) is 4.36. The molecule has 0 saturated heterocycles. The van der Waals surface area contributed by atoms with Crippen molar-refractivity contribution >= 4 is 29.9 Å². The summed E-state index contributed by atoms with van der Waals surface area (Å²) in [6.07, 6.45) is 5.54. The molecule has 6 nitrogen and oxygen atoms in total. The monoisotopic (exact) mass is 491 g/mol. The highest BCUT2D eigenvalue weighted by molar-refractivity contribution is 14.0. The van der Waals surface area contributed by atoms with E-state index in [-0.39, 0.29) is 24.0 Å². The van der Waals surface area contributed by atoms with Crippen LogP contribution >= 0.6 is 24.0 Å².